The van der Waals surface area contributed by atoms with E-state index in [1.807, 2.05) is 13.8 Å². The molecular weight excluding hydrogens is 192 g/mol. The first-order chi connectivity index (χ1) is 5.54. The van der Waals surface area contributed by atoms with Gasteiger partial charge in [-0.15, -0.1) is 0 Å². The molecule has 0 aliphatic carbocycles. The van der Waals surface area contributed by atoms with Gasteiger partial charge in [-0.2, -0.15) is 0 Å². The summed E-state index contributed by atoms with van der Waals surface area (Å²) in [5, 5.41) is 16.7. The van der Waals surface area contributed by atoms with Crippen LogP contribution in [0.3, 0.4) is 0 Å². The van der Waals surface area contributed by atoms with Crippen LogP contribution in [-0.4, -0.2) is 22.4 Å². The van der Waals surface area contributed by atoms with E-state index in [4.69, 9.17) is 13.5 Å². The normalized spacial score (nSPS) is 12.8. The van der Waals surface area contributed by atoms with Crippen LogP contribution < -0.4 is 0 Å². The minimum atomic E-state index is -0.116. The fourth-order valence-corrected chi connectivity index (χ4v) is 0. The van der Waals surface area contributed by atoms with E-state index in [0.29, 0.717) is 0 Å². The molecule has 0 fully saturated rings. The first-order valence-electron chi connectivity index (χ1n) is 4.11. The van der Waals surface area contributed by atoms with Crippen molar-refractivity contribution >= 4 is 0 Å². The summed E-state index contributed by atoms with van der Waals surface area (Å²) in [6.07, 6.45) is 1.49. The molecule has 0 aliphatic rings. The van der Waals surface area contributed by atoms with Crippen molar-refractivity contribution in [1.82, 2.24) is 0 Å². The van der Waals surface area contributed by atoms with E-state index in [9.17, 15) is 0 Å². The Labute approximate surface area is 86.9 Å². The zero-order valence-electron chi connectivity index (χ0n) is 8.37. The Bertz CT molecular complexity index is 59.3. The van der Waals surface area contributed by atoms with E-state index in [-0.39, 0.29) is 12.2 Å². The van der Waals surface area contributed by atoms with Crippen LogP contribution in [0.2, 0.25) is 0 Å². The Kier molecular flexibility index (Phi) is 26.6. The summed E-state index contributed by atoms with van der Waals surface area (Å²) in [6.45, 7) is 7.45. The quantitative estimate of drug-likeness (QED) is 0.681. The molecule has 4 heteroatoms. The summed E-state index contributed by atoms with van der Waals surface area (Å²) >= 11 is 0.750. The molecule has 0 saturated carbocycles. The predicted molar refractivity (Wildman–Crippen MR) is 44.6 cm³/mol. The van der Waals surface area contributed by atoms with Crippen LogP contribution in [0.5, 0.6) is 0 Å². The molecule has 2 unspecified atom stereocenters. The van der Waals surface area contributed by atoms with E-state index in [2.05, 4.69) is 0 Å². The topological polar surface area (TPSA) is 57.5 Å². The van der Waals surface area contributed by atoms with E-state index >= 15 is 0 Å². The summed E-state index contributed by atoms with van der Waals surface area (Å²) in [5.41, 5.74) is 0. The molecule has 0 aliphatic heterocycles. The van der Waals surface area contributed by atoms with Crippen molar-refractivity contribution in [2.24, 2.45) is 0 Å². The standard InChI is InChI=1S/2C4H10O.O.Ti/c2*1-3-4(2)5;;/h2*4-5H,3H2,1-2H3;;. The maximum absolute atomic E-state index is 8.36. The van der Waals surface area contributed by atoms with E-state index in [1.54, 1.807) is 13.8 Å². The summed E-state index contributed by atoms with van der Waals surface area (Å²) < 4.78 is 8.25. The number of aliphatic hydroxyl groups excluding tert-OH is 2. The molecule has 12 heavy (non-hydrogen) atoms. The second-order valence-electron chi connectivity index (χ2n) is 2.51. The van der Waals surface area contributed by atoms with Crippen LogP contribution in [-0.2, 0) is 23.7 Å². The fraction of sp³-hybridized carbons (Fsp3) is 1.00. The molecule has 0 aromatic rings. The van der Waals surface area contributed by atoms with Crippen LogP contribution >= 0.6 is 0 Å². The van der Waals surface area contributed by atoms with Gasteiger partial charge in [0.25, 0.3) is 0 Å². The van der Waals surface area contributed by atoms with Crippen LogP contribution in [0.15, 0.2) is 0 Å². The van der Waals surface area contributed by atoms with Crippen molar-refractivity contribution in [2.75, 3.05) is 0 Å². The SMILES string of the molecule is CCC(C)O.CCC(C)O.[O]=[Ti]. The van der Waals surface area contributed by atoms with Gasteiger partial charge in [0.1, 0.15) is 0 Å². The van der Waals surface area contributed by atoms with Gasteiger partial charge in [0, 0.05) is 0 Å². The minimum absolute atomic E-state index is 0.116. The van der Waals surface area contributed by atoms with E-state index in [1.165, 1.54) is 0 Å². The van der Waals surface area contributed by atoms with E-state index < -0.39 is 0 Å². The average Bonchev–Trinajstić information content (AvgIpc) is 2.09. The first kappa shape index (κ1) is 18.3. The van der Waals surface area contributed by atoms with Crippen molar-refractivity contribution in [3.05, 3.63) is 0 Å². The molecular formula is C8H20O3Ti. The molecule has 0 aromatic heterocycles. The Morgan fingerprint density at radius 1 is 1.00 bits per heavy atom. The predicted octanol–water partition coefficient (Wildman–Crippen LogP) is 1.43. The molecule has 0 radical (unpaired) electrons. The number of hydrogen-bond acceptors (Lipinski definition) is 3. The van der Waals surface area contributed by atoms with E-state index in [0.717, 1.165) is 33.2 Å². The summed E-state index contributed by atoms with van der Waals surface area (Å²) in [5.74, 6) is 0. The van der Waals surface area contributed by atoms with Gasteiger partial charge in [0.05, 0.1) is 12.2 Å². The summed E-state index contributed by atoms with van der Waals surface area (Å²) in [6, 6.07) is 0. The molecule has 0 aromatic carbocycles. The molecule has 74 valence electrons. The monoisotopic (exact) mass is 212 g/mol. The number of rotatable bonds is 2. The Morgan fingerprint density at radius 2 is 1.08 bits per heavy atom. The van der Waals surface area contributed by atoms with Gasteiger partial charge in [-0.05, 0) is 26.7 Å². The van der Waals surface area contributed by atoms with Crippen LogP contribution in [0.25, 0.3) is 0 Å². The molecule has 0 saturated heterocycles. The molecule has 2 N–H and O–H groups in total. The Balaban J connectivity index is -0.000000112. The molecule has 0 amide bonds. The van der Waals surface area contributed by atoms with Crippen molar-refractivity contribution in [1.29, 1.82) is 0 Å². The Hall–Kier alpha value is 0.434. The van der Waals surface area contributed by atoms with Gasteiger partial charge in [-0.1, -0.05) is 13.8 Å². The van der Waals surface area contributed by atoms with Gasteiger partial charge >= 0.3 is 23.7 Å². The maximum atomic E-state index is 8.36. The van der Waals surface area contributed by atoms with Crippen molar-refractivity contribution < 1.29 is 33.9 Å². The van der Waals surface area contributed by atoms with Gasteiger partial charge in [0.15, 0.2) is 0 Å². The third kappa shape index (κ3) is 47.2. The molecule has 0 spiro atoms. The van der Waals surface area contributed by atoms with Crippen LogP contribution in [0, 0.1) is 0 Å². The van der Waals surface area contributed by atoms with Crippen molar-refractivity contribution in [3.63, 3.8) is 0 Å². The number of aliphatic hydroxyl groups is 2. The van der Waals surface area contributed by atoms with Crippen molar-refractivity contribution in [3.8, 4) is 0 Å². The second kappa shape index (κ2) is 17.5. The van der Waals surface area contributed by atoms with Crippen LogP contribution in [0.4, 0.5) is 0 Å². The summed E-state index contributed by atoms with van der Waals surface area (Å²) in [7, 11) is 0. The van der Waals surface area contributed by atoms with Gasteiger partial charge in [-0.25, -0.2) is 0 Å². The van der Waals surface area contributed by atoms with Crippen LogP contribution in [0.1, 0.15) is 40.5 Å². The van der Waals surface area contributed by atoms with Crippen molar-refractivity contribution in [2.45, 2.75) is 52.7 Å². The van der Waals surface area contributed by atoms with Gasteiger partial charge in [0.2, 0.25) is 0 Å². The second-order valence-corrected chi connectivity index (χ2v) is 2.51. The molecule has 0 heterocycles. The zero-order chi connectivity index (χ0) is 10.6. The fourth-order valence-electron chi connectivity index (χ4n) is 0. The van der Waals surface area contributed by atoms with Gasteiger partial charge < -0.3 is 10.2 Å². The molecule has 0 rings (SSSR count). The average molecular weight is 212 g/mol. The first-order valence-corrected chi connectivity index (χ1v) is 4.74. The zero-order valence-corrected chi connectivity index (χ0v) is 9.93. The summed E-state index contributed by atoms with van der Waals surface area (Å²) in [4.78, 5) is 0. The third-order valence-corrected chi connectivity index (χ3v) is 1.18. The van der Waals surface area contributed by atoms with Gasteiger partial charge in [-0.3, -0.25) is 0 Å². The number of hydrogen-bond donors (Lipinski definition) is 2. The molecule has 0 bridgehead atoms. The third-order valence-electron chi connectivity index (χ3n) is 1.18. The molecule has 2 atom stereocenters. The molecule has 3 nitrogen and oxygen atoms in total. The Morgan fingerprint density at radius 3 is 1.08 bits per heavy atom.